The average Bonchev–Trinajstić information content (AvgIpc) is 2.27. The Hall–Kier alpha value is -0.0800. The van der Waals surface area contributed by atoms with Gasteiger partial charge in [-0.15, -0.1) is 0 Å². The number of rotatable bonds is 0. The summed E-state index contributed by atoms with van der Waals surface area (Å²) in [6.45, 7) is 8.58. The monoisotopic (exact) mass is 168 g/mol. The van der Waals surface area contributed by atoms with Gasteiger partial charge >= 0.3 is 0 Å². The highest BCUT2D eigenvalue weighted by Gasteiger charge is 2.41. The van der Waals surface area contributed by atoms with Gasteiger partial charge in [-0.05, 0) is 33.7 Å². The van der Waals surface area contributed by atoms with Crippen LogP contribution in [-0.2, 0) is 0 Å². The Kier molecular flexibility index (Phi) is 1.92. The molecule has 2 aliphatic heterocycles. The molecule has 2 fully saturated rings. The molecule has 0 spiro atoms. The van der Waals surface area contributed by atoms with E-state index in [1.165, 1.54) is 32.5 Å². The van der Waals surface area contributed by atoms with Crippen molar-refractivity contribution in [1.29, 1.82) is 0 Å². The molecule has 0 unspecified atom stereocenters. The molecular formula is C10H20N2. The van der Waals surface area contributed by atoms with Gasteiger partial charge in [0.25, 0.3) is 0 Å². The highest BCUT2D eigenvalue weighted by molar-refractivity contribution is 4.97. The second-order valence-corrected chi connectivity index (χ2v) is 4.96. The van der Waals surface area contributed by atoms with E-state index in [2.05, 4.69) is 30.7 Å². The van der Waals surface area contributed by atoms with Crippen molar-refractivity contribution in [2.75, 3.05) is 26.7 Å². The third kappa shape index (κ3) is 1.27. The first kappa shape index (κ1) is 8.52. The predicted octanol–water partition coefficient (Wildman–Crippen LogP) is 1.17. The molecular weight excluding hydrogens is 148 g/mol. The van der Waals surface area contributed by atoms with Crippen LogP contribution < -0.4 is 0 Å². The fourth-order valence-electron chi connectivity index (χ4n) is 2.72. The van der Waals surface area contributed by atoms with Gasteiger partial charge in [-0.25, -0.2) is 0 Å². The van der Waals surface area contributed by atoms with E-state index in [9.17, 15) is 0 Å². The first-order valence-corrected chi connectivity index (χ1v) is 5.05. The summed E-state index contributed by atoms with van der Waals surface area (Å²) in [5, 5.41) is 0. The zero-order valence-corrected chi connectivity index (χ0v) is 8.51. The maximum atomic E-state index is 2.70. The second-order valence-electron chi connectivity index (χ2n) is 4.96. The van der Waals surface area contributed by atoms with Gasteiger partial charge in [0.05, 0.1) is 0 Å². The standard InChI is InChI=1S/C10H20N2/c1-10(2)5-4-9-8-11(3)6-7-12(9)10/h9H,4-8H2,1-3H3/t9-/m0/s1. The van der Waals surface area contributed by atoms with E-state index in [1.807, 2.05) is 0 Å². The van der Waals surface area contributed by atoms with Gasteiger partial charge in [0, 0.05) is 31.2 Å². The van der Waals surface area contributed by atoms with Crippen molar-refractivity contribution in [3.05, 3.63) is 0 Å². The molecule has 2 aliphatic rings. The Morgan fingerprint density at radius 2 is 2.00 bits per heavy atom. The van der Waals surface area contributed by atoms with Crippen molar-refractivity contribution in [3.63, 3.8) is 0 Å². The van der Waals surface area contributed by atoms with Crippen molar-refractivity contribution < 1.29 is 0 Å². The van der Waals surface area contributed by atoms with Crippen molar-refractivity contribution in [2.24, 2.45) is 0 Å². The van der Waals surface area contributed by atoms with Crippen LogP contribution in [0.25, 0.3) is 0 Å². The van der Waals surface area contributed by atoms with Crippen LogP contribution in [0.4, 0.5) is 0 Å². The maximum absolute atomic E-state index is 2.70. The molecule has 0 aromatic heterocycles. The molecule has 2 nitrogen and oxygen atoms in total. The van der Waals surface area contributed by atoms with Gasteiger partial charge in [0.1, 0.15) is 0 Å². The highest BCUT2D eigenvalue weighted by Crippen LogP contribution is 2.34. The lowest BCUT2D eigenvalue weighted by Crippen LogP contribution is -2.54. The van der Waals surface area contributed by atoms with Crippen LogP contribution in [-0.4, -0.2) is 48.1 Å². The zero-order valence-electron chi connectivity index (χ0n) is 8.51. The Labute approximate surface area is 75.5 Å². The molecule has 0 radical (unpaired) electrons. The lowest BCUT2D eigenvalue weighted by atomic mass is 10.0. The van der Waals surface area contributed by atoms with Crippen molar-refractivity contribution in [3.8, 4) is 0 Å². The second kappa shape index (κ2) is 2.71. The minimum atomic E-state index is 0.478. The number of hydrogen-bond donors (Lipinski definition) is 0. The van der Waals surface area contributed by atoms with Crippen LogP contribution in [0.15, 0.2) is 0 Å². The van der Waals surface area contributed by atoms with Gasteiger partial charge in [0.15, 0.2) is 0 Å². The molecule has 0 amide bonds. The van der Waals surface area contributed by atoms with Crippen molar-refractivity contribution >= 4 is 0 Å². The minimum absolute atomic E-state index is 0.478. The first-order valence-electron chi connectivity index (χ1n) is 5.05. The summed E-state index contributed by atoms with van der Waals surface area (Å²) in [6.07, 6.45) is 2.78. The Morgan fingerprint density at radius 1 is 1.25 bits per heavy atom. The molecule has 2 saturated heterocycles. The molecule has 0 aromatic rings. The molecule has 0 bridgehead atoms. The lowest BCUT2D eigenvalue weighted by Gasteiger charge is -2.42. The summed E-state index contributed by atoms with van der Waals surface area (Å²) in [6, 6.07) is 0.846. The van der Waals surface area contributed by atoms with E-state index in [1.54, 1.807) is 0 Å². The fourth-order valence-corrected chi connectivity index (χ4v) is 2.72. The molecule has 2 heteroatoms. The normalized spacial score (nSPS) is 36.8. The largest absolute Gasteiger partial charge is 0.304 e. The Morgan fingerprint density at radius 3 is 2.75 bits per heavy atom. The molecule has 12 heavy (non-hydrogen) atoms. The van der Waals surface area contributed by atoms with Crippen LogP contribution in [0.3, 0.4) is 0 Å². The van der Waals surface area contributed by atoms with Gasteiger partial charge in [0.2, 0.25) is 0 Å². The number of hydrogen-bond acceptors (Lipinski definition) is 2. The van der Waals surface area contributed by atoms with Gasteiger partial charge in [-0.1, -0.05) is 0 Å². The third-order valence-corrected chi connectivity index (χ3v) is 3.55. The molecule has 0 N–H and O–H groups in total. The number of fused-ring (bicyclic) bond motifs is 1. The van der Waals surface area contributed by atoms with Crippen LogP contribution in [0, 0.1) is 0 Å². The zero-order chi connectivity index (χ0) is 8.77. The van der Waals surface area contributed by atoms with Gasteiger partial charge in [-0.3, -0.25) is 4.90 Å². The Bertz CT molecular complexity index is 177. The minimum Gasteiger partial charge on any atom is -0.304 e. The molecule has 1 atom stereocenters. The SMILES string of the molecule is CN1CCN2[C@@H](CCC2(C)C)C1. The highest BCUT2D eigenvalue weighted by atomic mass is 15.3. The van der Waals surface area contributed by atoms with E-state index >= 15 is 0 Å². The third-order valence-electron chi connectivity index (χ3n) is 3.55. The molecule has 70 valence electrons. The molecule has 0 saturated carbocycles. The summed E-state index contributed by atoms with van der Waals surface area (Å²) < 4.78 is 0. The van der Waals surface area contributed by atoms with Gasteiger partial charge < -0.3 is 4.90 Å². The molecule has 0 aliphatic carbocycles. The average molecular weight is 168 g/mol. The number of piperazine rings is 1. The molecule has 2 heterocycles. The maximum Gasteiger partial charge on any atom is 0.0229 e. The van der Waals surface area contributed by atoms with Gasteiger partial charge in [-0.2, -0.15) is 0 Å². The lowest BCUT2D eigenvalue weighted by molar-refractivity contribution is 0.0578. The van der Waals surface area contributed by atoms with E-state index < -0.39 is 0 Å². The van der Waals surface area contributed by atoms with E-state index in [4.69, 9.17) is 0 Å². The van der Waals surface area contributed by atoms with Crippen molar-refractivity contribution in [1.82, 2.24) is 9.80 Å². The fraction of sp³-hybridized carbons (Fsp3) is 1.00. The molecule has 0 aromatic carbocycles. The summed E-state index contributed by atoms with van der Waals surface area (Å²) in [4.78, 5) is 5.16. The van der Waals surface area contributed by atoms with Crippen LogP contribution in [0.2, 0.25) is 0 Å². The summed E-state index contributed by atoms with van der Waals surface area (Å²) >= 11 is 0. The summed E-state index contributed by atoms with van der Waals surface area (Å²) in [7, 11) is 2.24. The quantitative estimate of drug-likeness (QED) is 0.536. The van der Waals surface area contributed by atoms with E-state index in [0.29, 0.717) is 5.54 Å². The summed E-state index contributed by atoms with van der Waals surface area (Å²) in [5.74, 6) is 0. The first-order chi connectivity index (χ1) is 5.59. The van der Waals surface area contributed by atoms with E-state index in [-0.39, 0.29) is 0 Å². The predicted molar refractivity (Wildman–Crippen MR) is 51.3 cm³/mol. The summed E-state index contributed by atoms with van der Waals surface area (Å²) in [5.41, 5.74) is 0.478. The number of nitrogens with zero attached hydrogens (tertiary/aromatic N) is 2. The van der Waals surface area contributed by atoms with Crippen LogP contribution in [0.5, 0.6) is 0 Å². The van der Waals surface area contributed by atoms with E-state index in [0.717, 1.165) is 6.04 Å². The molecule has 2 rings (SSSR count). The van der Waals surface area contributed by atoms with Crippen molar-refractivity contribution in [2.45, 2.75) is 38.3 Å². The van der Waals surface area contributed by atoms with Crippen LogP contribution in [0.1, 0.15) is 26.7 Å². The van der Waals surface area contributed by atoms with Crippen LogP contribution >= 0.6 is 0 Å². The topological polar surface area (TPSA) is 6.48 Å². The smallest absolute Gasteiger partial charge is 0.0229 e. The Balaban J connectivity index is 2.08. The number of likely N-dealkylation sites (N-methyl/N-ethyl adjacent to an activating group) is 1.